The Hall–Kier alpha value is -0.870. The second kappa shape index (κ2) is 4.39. The molecule has 0 aromatic carbocycles. The maximum Gasteiger partial charge on any atom is 0.266 e. The predicted molar refractivity (Wildman–Crippen MR) is 41.2 cm³/mol. The lowest BCUT2D eigenvalue weighted by molar-refractivity contribution is -0.305. The molecule has 0 fully saturated rings. The van der Waals surface area contributed by atoms with Crippen LogP contribution in [0, 0.1) is 0 Å². The SMILES string of the molecule is CN(C)C(=O)P(=O)([O-])CCC(=O)[O-]. The summed E-state index contributed by atoms with van der Waals surface area (Å²) in [5.41, 5.74) is -1.06. The Morgan fingerprint density at radius 3 is 2.15 bits per heavy atom. The minimum Gasteiger partial charge on any atom is -0.793 e. The molecule has 0 aliphatic carbocycles. The van der Waals surface area contributed by atoms with Crippen molar-refractivity contribution < 1.29 is 24.2 Å². The molecule has 7 heteroatoms. The van der Waals surface area contributed by atoms with Crippen LogP contribution >= 0.6 is 7.37 Å². The molecule has 0 spiro atoms. The Kier molecular flexibility index (Phi) is 4.10. The summed E-state index contributed by atoms with van der Waals surface area (Å²) in [6.45, 7) is 0. The minimum absolute atomic E-state index is 0.652. The van der Waals surface area contributed by atoms with Crippen LogP contribution in [0.25, 0.3) is 0 Å². The number of rotatable bonds is 4. The highest BCUT2D eigenvalue weighted by atomic mass is 31.2. The standard InChI is InChI=1S/C6H12NO5P/c1-7(2)6(10)13(11,12)4-3-5(8)9/h3-4H2,1-2H3,(H,8,9)(H,11,12)/p-2. The summed E-state index contributed by atoms with van der Waals surface area (Å²) in [7, 11) is -1.71. The van der Waals surface area contributed by atoms with Gasteiger partial charge in [-0.3, -0.25) is 4.79 Å². The summed E-state index contributed by atoms with van der Waals surface area (Å²) in [6, 6.07) is 0. The molecule has 0 aliphatic rings. The first-order chi connectivity index (χ1) is 5.77. The number of carbonyl (C=O) groups is 2. The van der Waals surface area contributed by atoms with E-state index < -0.39 is 31.6 Å². The zero-order valence-corrected chi connectivity index (χ0v) is 8.24. The third kappa shape index (κ3) is 4.05. The zero-order chi connectivity index (χ0) is 10.6. The molecule has 0 aromatic rings. The van der Waals surface area contributed by atoms with E-state index in [0.29, 0.717) is 0 Å². The fourth-order valence-electron chi connectivity index (χ4n) is 0.639. The quantitative estimate of drug-likeness (QED) is 0.519. The molecule has 0 saturated carbocycles. The molecule has 1 amide bonds. The van der Waals surface area contributed by atoms with Crippen LogP contribution in [-0.4, -0.2) is 36.8 Å². The lowest BCUT2D eigenvalue weighted by atomic mass is 10.5. The summed E-state index contributed by atoms with van der Waals surface area (Å²) in [5.74, 6) is -1.48. The molecule has 76 valence electrons. The highest BCUT2D eigenvalue weighted by Crippen LogP contribution is 2.38. The number of carboxylic acids is 1. The molecular weight excluding hydrogens is 197 g/mol. The van der Waals surface area contributed by atoms with E-state index in [4.69, 9.17) is 0 Å². The summed E-state index contributed by atoms with van der Waals surface area (Å²) in [5, 5.41) is 9.94. The van der Waals surface area contributed by atoms with E-state index >= 15 is 0 Å². The average molecular weight is 207 g/mol. The van der Waals surface area contributed by atoms with Crippen LogP contribution < -0.4 is 10.00 Å². The van der Waals surface area contributed by atoms with Crippen LogP contribution in [0.1, 0.15) is 6.42 Å². The van der Waals surface area contributed by atoms with E-state index in [1.54, 1.807) is 0 Å². The van der Waals surface area contributed by atoms with Crippen molar-refractivity contribution in [2.24, 2.45) is 0 Å². The Morgan fingerprint density at radius 2 is 1.85 bits per heavy atom. The van der Waals surface area contributed by atoms with Crippen LogP contribution in [0.4, 0.5) is 4.79 Å². The second-order valence-corrected chi connectivity index (χ2v) is 4.87. The van der Waals surface area contributed by atoms with E-state index in [2.05, 4.69) is 0 Å². The van der Waals surface area contributed by atoms with Gasteiger partial charge in [-0.2, -0.15) is 0 Å². The van der Waals surface area contributed by atoms with Crippen LogP contribution in [0.15, 0.2) is 0 Å². The first kappa shape index (κ1) is 12.1. The monoisotopic (exact) mass is 207 g/mol. The van der Waals surface area contributed by atoms with Crippen molar-refractivity contribution >= 4 is 19.0 Å². The van der Waals surface area contributed by atoms with Gasteiger partial charge >= 0.3 is 0 Å². The maximum absolute atomic E-state index is 11.0. The molecule has 0 rings (SSSR count). The second-order valence-electron chi connectivity index (χ2n) is 2.70. The number of carbonyl (C=O) groups excluding carboxylic acids is 2. The molecule has 0 N–H and O–H groups in total. The normalized spacial score (nSPS) is 14.7. The van der Waals surface area contributed by atoms with Crippen molar-refractivity contribution in [2.75, 3.05) is 20.3 Å². The lowest BCUT2D eigenvalue weighted by Gasteiger charge is -2.25. The van der Waals surface area contributed by atoms with Gasteiger partial charge in [0.15, 0.2) is 0 Å². The van der Waals surface area contributed by atoms with Crippen LogP contribution in [0.5, 0.6) is 0 Å². The summed E-state index contributed by atoms with van der Waals surface area (Å²) in [4.78, 5) is 32.8. The molecule has 0 bridgehead atoms. The van der Waals surface area contributed by atoms with Crippen LogP contribution in [0.2, 0.25) is 0 Å². The van der Waals surface area contributed by atoms with Gasteiger partial charge in [-0.25, -0.2) is 0 Å². The maximum atomic E-state index is 11.0. The fraction of sp³-hybridized carbons (Fsp3) is 0.667. The third-order valence-electron chi connectivity index (χ3n) is 1.28. The van der Waals surface area contributed by atoms with Gasteiger partial charge in [0.25, 0.3) is 5.65 Å². The molecule has 13 heavy (non-hydrogen) atoms. The lowest BCUT2D eigenvalue weighted by Crippen LogP contribution is -2.29. The molecular formula is C6H10NO5P-2. The van der Waals surface area contributed by atoms with Crippen LogP contribution in [-0.2, 0) is 9.36 Å². The topological polar surface area (TPSA) is 101 Å². The Labute approximate surface area is 75.6 Å². The molecule has 1 unspecified atom stereocenters. The number of nitrogens with zero attached hydrogens (tertiary/aromatic N) is 1. The highest BCUT2D eigenvalue weighted by molar-refractivity contribution is 7.73. The molecule has 6 nitrogen and oxygen atoms in total. The highest BCUT2D eigenvalue weighted by Gasteiger charge is 2.20. The molecule has 0 aliphatic heterocycles. The largest absolute Gasteiger partial charge is 0.793 e. The first-order valence-corrected chi connectivity index (χ1v) is 5.30. The van der Waals surface area contributed by atoms with E-state index in [1.165, 1.54) is 14.1 Å². The third-order valence-corrected chi connectivity index (χ3v) is 3.08. The van der Waals surface area contributed by atoms with Crippen molar-refractivity contribution in [1.82, 2.24) is 4.90 Å². The average Bonchev–Trinajstić information content (AvgIpc) is 1.99. The molecule has 1 atom stereocenters. The van der Waals surface area contributed by atoms with E-state index in [1.807, 2.05) is 0 Å². The van der Waals surface area contributed by atoms with Gasteiger partial charge < -0.3 is 24.3 Å². The number of amides is 1. The Bertz CT molecular complexity index is 262. The van der Waals surface area contributed by atoms with Crippen molar-refractivity contribution in [3.63, 3.8) is 0 Å². The summed E-state index contributed by atoms with van der Waals surface area (Å²) < 4.78 is 11.0. The predicted octanol–water partition coefficient (Wildman–Crippen LogP) is -1.55. The van der Waals surface area contributed by atoms with E-state index in [-0.39, 0.29) is 0 Å². The molecule has 0 saturated heterocycles. The van der Waals surface area contributed by atoms with Gasteiger partial charge in [0.1, 0.15) is 7.37 Å². The Morgan fingerprint density at radius 1 is 1.38 bits per heavy atom. The first-order valence-electron chi connectivity index (χ1n) is 3.49. The van der Waals surface area contributed by atoms with Crippen molar-refractivity contribution in [3.05, 3.63) is 0 Å². The molecule has 0 aromatic heterocycles. The molecule has 0 radical (unpaired) electrons. The number of aliphatic carboxylic acids is 1. The van der Waals surface area contributed by atoms with Crippen molar-refractivity contribution in [2.45, 2.75) is 6.42 Å². The summed E-state index contributed by atoms with van der Waals surface area (Å²) in [6.07, 6.45) is -1.34. The van der Waals surface area contributed by atoms with Crippen molar-refractivity contribution in [3.8, 4) is 0 Å². The number of hydrogen-bond donors (Lipinski definition) is 0. The zero-order valence-electron chi connectivity index (χ0n) is 7.35. The van der Waals surface area contributed by atoms with Gasteiger partial charge in [-0.05, 0) is 6.42 Å². The molecule has 0 heterocycles. The minimum atomic E-state index is -4.28. The number of carboxylic acid groups (broad SMARTS) is 1. The van der Waals surface area contributed by atoms with Gasteiger partial charge in [0.05, 0.1) is 0 Å². The van der Waals surface area contributed by atoms with Gasteiger partial charge in [-0.1, -0.05) is 0 Å². The van der Waals surface area contributed by atoms with Gasteiger partial charge in [-0.15, -0.1) is 0 Å². The fourth-order valence-corrected chi connectivity index (χ4v) is 1.92. The van der Waals surface area contributed by atoms with E-state index in [9.17, 15) is 24.2 Å². The van der Waals surface area contributed by atoms with Gasteiger partial charge in [0, 0.05) is 26.2 Å². The summed E-state index contributed by atoms with van der Waals surface area (Å²) >= 11 is 0. The van der Waals surface area contributed by atoms with Crippen molar-refractivity contribution in [1.29, 1.82) is 0 Å². The Balaban J connectivity index is 4.32. The number of hydrogen-bond acceptors (Lipinski definition) is 5. The van der Waals surface area contributed by atoms with Crippen LogP contribution in [0.3, 0.4) is 0 Å². The smallest absolute Gasteiger partial charge is 0.266 e. The van der Waals surface area contributed by atoms with E-state index in [0.717, 1.165) is 4.90 Å². The van der Waals surface area contributed by atoms with Gasteiger partial charge in [0.2, 0.25) is 0 Å².